The van der Waals surface area contributed by atoms with Crippen molar-refractivity contribution in [3.8, 4) is 5.75 Å². The average molecular weight is 337 g/mol. The number of carbonyl (C=O) groups excluding carboxylic acids is 1. The zero-order chi connectivity index (χ0) is 17.6. The van der Waals surface area contributed by atoms with Gasteiger partial charge < -0.3 is 4.74 Å². The van der Waals surface area contributed by atoms with Crippen LogP contribution in [0.5, 0.6) is 5.75 Å². The van der Waals surface area contributed by atoms with Crippen molar-refractivity contribution in [1.29, 1.82) is 0 Å². The molecule has 0 N–H and O–H groups in total. The maximum Gasteiger partial charge on any atom is 0.300 e. The summed E-state index contributed by atoms with van der Waals surface area (Å²) in [6, 6.07) is 1.86. The lowest BCUT2D eigenvalue weighted by Gasteiger charge is -2.32. The molecule has 2 aromatic rings. The molecule has 0 saturated heterocycles. The lowest BCUT2D eigenvalue weighted by atomic mass is 10.1. The number of rotatable bonds is 1. The Bertz CT molecular complexity index is 800. The Morgan fingerprint density at radius 2 is 1.96 bits per heavy atom. The fourth-order valence-corrected chi connectivity index (χ4v) is 2.33. The zero-order valence-electron chi connectivity index (χ0n) is 13.7. The van der Waals surface area contributed by atoms with E-state index in [2.05, 4.69) is 15.4 Å². The van der Waals surface area contributed by atoms with Crippen molar-refractivity contribution in [2.45, 2.75) is 39.3 Å². The van der Waals surface area contributed by atoms with Crippen molar-refractivity contribution >= 4 is 11.6 Å². The Hall–Kier alpha value is -2.58. The van der Waals surface area contributed by atoms with Crippen LogP contribution in [-0.4, -0.2) is 38.8 Å². The van der Waals surface area contributed by atoms with E-state index < -0.39 is 23.1 Å². The Morgan fingerprint density at radius 3 is 2.58 bits per heavy atom. The lowest BCUT2D eigenvalue weighted by Crippen LogP contribution is -2.43. The molecule has 0 aliphatic carbocycles. The first-order valence-corrected chi connectivity index (χ1v) is 7.45. The van der Waals surface area contributed by atoms with Crippen LogP contribution in [0.15, 0.2) is 12.1 Å². The van der Waals surface area contributed by atoms with E-state index in [-0.39, 0.29) is 29.9 Å². The number of tetrazole rings is 1. The fourth-order valence-electron chi connectivity index (χ4n) is 2.33. The Balaban J connectivity index is 1.99. The molecule has 0 bridgehead atoms. The van der Waals surface area contributed by atoms with E-state index in [1.165, 1.54) is 9.70 Å². The molecule has 1 aliphatic heterocycles. The lowest BCUT2D eigenvalue weighted by molar-refractivity contribution is 0.0949. The summed E-state index contributed by atoms with van der Waals surface area (Å²) in [6.45, 7) is 7.50. The maximum absolute atomic E-state index is 13.6. The first-order chi connectivity index (χ1) is 11.2. The van der Waals surface area contributed by atoms with Gasteiger partial charge in [0.2, 0.25) is 0 Å². The van der Waals surface area contributed by atoms with Gasteiger partial charge in [0.25, 0.3) is 11.7 Å². The van der Waals surface area contributed by atoms with Gasteiger partial charge >= 0.3 is 0 Å². The molecule has 128 valence electrons. The minimum Gasteiger partial charge on any atom is -0.487 e. The molecule has 0 fully saturated rings. The highest BCUT2D eigenvalue weighted by atomic mass is 19.2. The molecule has 1 aromatic heterocycles. The van der Waals surface area contributed by atoms with Crippen molar-refractivity contribution in [3.63, 3.8) is 0 Å². The van der Waals surface area contributed by atoms with Gasteiger partial charge in [-0.1, -0.05) is 0 Å². The molecule has 0 saturated carbocycles. The monoisotopic (exact) mass is 337 g/mol. The predicted molar refractivity (Wildman–Crippen MR) is 80.9 cm³/mol. The Morgan fingerprint density at radius 1 is 1.29 bits per heavy atom. The van der Waals surface area contributed by atoms with Crippen molar-refractivity contribution in [3.05, 3.63) is 29.6 Å². The summed E-state index contributed by atoms with van der Waals surface area (Å²) in [5.74, 6) is -2.66. The zero-order valence-corrected chi connectivity index (χ0v) is 13.7. The molecule has 1 aromatic carbocycles. The molecule has 1 aliphatic rings. The molecular formula is C15H17F2N5O2. The van der Waals surface area contributed by atoms with Crippen LogP contribution in [0.25, 0.3) is 0 Å². The first-order valence-electron chi connectivity index (χ1n) is 7.45. The van der Waals surface area contributed by atoms with E-state index >= 15 is 0 Å². The molecule has 1 amide bonds. The molecule has 1 atom stereocenters. The third kappa shape index (κ3) is 2.81. The second-order valence-corrected chi connectivity index (χ2v) is 6.65. The summed E-state index contributed by atoms with van der Waals surface area (Å²) in [5.41, 5.74) is -0.291. The third-order valence-corrected chi connectivity index (χ3v) is 3.51. The normalized spacial score (nSPS) is 17.4. The number of halogens is 2. The number of nitrogens with zero attached hydrogens (tertiary/aromatic N) is 5. The first kappa shape index (κ1) is 16.3. The largest absolute Gasteiger partial charge is 0.487 e. The van der Waals surface area contributed by atoms with E-state index in [1.54, 1.807) is 6.92 Å². The van der Waals surface area contributed by atoms with Gasteiger partial charge in [0, 0.05) is 12.1 Å². The van der Waals surface area contributed by atoms with Gasteiger partial charge in [-0.25, -0.2) is 8.78 Å². The number of amides is 1. The minimum absolute atomic E-state index is 0.101. The van der Waals surface area contributed by atoms with Crippen molar-refractivity contribution in [1.82, 2.24) is 20.2 Å². The second kappa shape index (κ2) is 5.50. The number of ether oxygens (including phenoxy) is 1. The summed E-state index contributed by atoms with van der Waals surface area (Å²) in [7, 11) is 0. The molecule has 7 nitrogen and oxygen atoms in total. The molecule has 3 rings (SSSR count). The fraction of sp³-hybridized carbons (Fsp3) is 0.467. The summed E-state index contributed by atoms with van der Waals surface area (Å²) in [4.78, 5) is 15.3. The predicted octanol–water partition coefficient (Wildman–Crippen LogP) is 2.13. The van der Waals surface area contributed by atoms with Gasteiger partial charge in [0.1, 0.15) is 11.9 Å². The van der Waals surface area contributed by atoms with Gasteiger partial charge in [-0.15, -0.1) is 10.2 Å². The van der Waals surface area contributed by atoms with Gasteiger partial charge in [-0.05, 0) is 32.9 Å². The van der Waals surface area contributed by atoms with Crippen LogP contribution in [0.3, 0.4) is 0 Å². The van der Waals surface area contributed by atoms with Gasteiger partial charge in [0.15, 0.2) is 11.6 Å². The Kier molecular flexibility index (Phi) is 3.73. The molecule has 1 unspecified atom stereocenters. The van der Waals surface area contributed by atoms with Crippen LogP contribution in [0.1, 0.15) is 38.3 Å². The quantitative estimate of drug-likeness (QED) is 0.797. The Labute approximate surface area is 137 Å². The van der Waals surface area contributed by atoms with Crippen LogP contribution in [-0.2, 0) is 5.54 Å². The van der Waals surface area contributed by atoms with E-state index in [0.717, 1.165) is 12.1 Å². The number of hydrogen-bond donors (Lipinski definition) is 0. The SMILES string of the molecule is CC1CN(C(=O)c2nnn(C(C)(C)C)n2)c2cc(F)c(F)cc2O1. The molecule has 24 heavy (non-hydrogen) atoms. The van der Waals surface area contributed by atoms with Gasteiger partial charge in [0.05, 0.1) is 17.8 Å². The number of benzene rings is 1. The van der Waals surface area contributed by atoms with Crippen LogP contribution >= 0.6 is 0 Å². The summed E-state index contributed by atoms with van der Waals surface area (Å²) < 4.78 is 32.5. The molecular weight excluding hydrogens is 320 g/mol. The smallest absolute Gasteiger partial charge is 0.300 e. The van der Waals surface area contributed by atoms with E-state index in [1.807, 2.05) is 20.8 Å². The number of anilines is 1. The molecule has 2 heterocycles. The van der Waals surface area contributed by atoms with Crippen LogP contribution in [0.4, 0.5) is 14.5 Å². The molecule has 9 heteroatoms. The summed E-state index contributed by atoms with van der Waals surface area (Å²) in [6.07, 6.45) is -0.385. The minimum atomic E-state index is -1.06. The summed E-state index contributed by atoms with van der Waals surface area (Å²) >= 11 is 0. The number of carbonyl (C=O) groups is 1. The van der Waals surface area contributed by atoms with E-state index in [9.17, 15) is 13.6 Å². The topological polar surface area (TPSA) is 73.1 Å². The maximum atomic E-state index is 13.6. The highest BCUT2D eigenvalue weighted by molar-refractivity contribution is 6.04. The number of hydrogen-bond acceptors (Lipinski definition) is 5. The molecule has 0 spiro atoms. The molecule has 0 radical (unpaired) electrons. The van der Waals surface area contributed by atoms with E-state index in [4.69, 9.17) is 4.74 Å². The van der Waals surface area contributed by atoms with Crippen molar-refractivity contribution < 1.29 is 18.3 Å². The number of aromatic nitrogens is 4. The van der Waals surface area contributed by atoms with Crippen LogP contribution in [0, 0.1) is 11.6 Å². The highest BCUT2D eigenvalue weighted by Gasteiger charge is 2.32. The number of fused-ring (bicyclic) bond motifs is 1. The van der Waals surface area contributed by atoms with Crippen LogP contribution < -0.4 is 9.64 Å². The van der Waals surface area contributed by atoms with Gasteiger partial charge in [-0.2, -0.15) is 4.80 Å². The van der Waals surface area contributed by atoms with Crippen molar-refractivity contribution in [2.24, 2.45) is 0 Å². The second-order valence-electron chi connectivity index (χ2n) is 6.65. The average Bonchev–Trinajstić information content (AvgIpc) is 2.97. The van der Waals surface area contributed by atoms with Gasteiger partial charge in [-0.3, -0.25) is 9.69 Å². The van der Waals surface area contributed by atoms with Crippen molar-refractivity contribution in [2.75, 3.05) is 11.4 Å². The third-order valence-electron chi connectivity index (χ3n) is 3.51. The van der Waals surface area contributed by atoms with E-state index in [0.29, 0.717) is 0 Å². The van der Waals surface area contributed by atoms with Crippen LogP contribution in [0.2, 0.25) is 0 Å². The standard InChI is InChI=1S/C15H17F2N5O2/c1-8-7-21(11-5-9(16)10(17)6-12(11)24-8)14(23)13-18-20-22(19-13)15(2,3)4/h5-6,8H,7H2,1-4H3. The highest BCUT2D eigenvalue weighted by Crippen LogP contribution is 2.35. The summed E-state index contributed by atoms with van der Waals surface area (Å²) in [5, 5.41) is 11.7.